The highest BCUT2D eigenvalue weighted by molar-refractivity contribution is 4.94. The molecule has 0 aliphatic heterocycles. The number of nitrogens with two attached hydrogens (primary N) is 1. The van der Waals surface area contributed by atoms with E-state index in [0.717, 1.165) is 25.7 Å². The Hall–Kier alpha value is -0.290. The van der Waals surface area contributed by atoms with Crippen LogP contribution in [0.5, 0.6) is 0 Å². The monoisotopic (exact) mass is 239 g/mol. The molecule has 0 heterocycles. The van der Waals surface area contributed by atoms with Gasteiger partial charge in [0.25, 0.3) is 0 Å². The predicted molar refractivity (Wildman–Crippen MR) is 55.9 cm³/mol. The largest absolute Gasteiger partial charge is 0.417 e. The molecule has 0 radical (unpaired) electrons. The maximum absolute atomic E-state index is 12.9. The van der Waals surface area contributed by atoms with Crippen molar-refractivity contribution in [3.8, 4) is 0 Å². The van der Waals surface area contributed by atoms with Crippen molar-refractivity contribution < 1.29 is 18.3 Å². The molecule has 16 heavy (non-hydrogen) atoms. The molecule has 3 N–H and O–H groups in total. The summed E-state index contributed by atoms with van der Waals surface area (Å²) < 4.78 is 38.7. The van der Waals surface area contributed by atoms with Crippen molar-refractivity contribution in [2.45, 2.75) is 56.7 Å². The van der Waals surface area contributed by atoms with Crippen LogP contribution in [0.2, 0.25) is 0 Å². The molecule has 1 atom stereocenters. The van der Waals surface area contributed by atoms with E-state index in [4.69, 9.17) is 5.73 Å². The Morgan fingerprint density at radius 2 is 1.56 bits per heavy atom. The van der Waals surface area contributed by atoms with Crippen molar-refractivity contribution in [2.24, 2.45) is 11.7 Å². The Morgan fingerprint density at radius 1 is 1.06 bits per heavy atom. The highest BCUT2D eigenvalue weighted by Crippen LogP contribution is 2.43. The standard InChI is InChI=1S/C11H20F3NO/c12-11(13,14)10(16,7-8-15)9-5-3-1-2-4-6-9/h9,16H,1-8,15H2. The van der Waals surface area contributed by atoms with Crippen molar-refractivity contribution in [2.75, 3.05) is 6.54 Å². The minimum Gasteiger partial charge on any atom is -0.380 e. The lowest BCUT2D eigenvalue weighted by Crippen LogP contribution is -2.52. The van der Waals surface area contributed by atoms with E-state index >= 15 is 0 Å². The van der Waals surface area contributed by atoms with Crippen molar-refractivity contribution >= 4 is 0 Å². The van der Waals surface area contributed by atoms with Crippen molar-refractivity contribution in [3.05, 3.63) is 0 Å². The first-order valence-electron chi connectivity index (χ1n) is 5.91. The fourth-order valence-electron chi connectivity index (χ4n) is 2.55. The zero-order chi connectivity index (χ0) is 12.2. The molecule has 2 nitrogen and oxygen atoms in total. The fraction of sp³-hybridized carbons (Fsp3) is 1.00. The molecule has 5 heteroatoms. The lowest BCUT2D eigenvalue weighted by atomic mass is 9.79. The van der Waals surface area contributed by atoms with Gasteiger partial charge in [-0.3, -0.25) is 0 Å². The number of hydrogen-bond acceptors (Lipinski definition) is 2. The summed E-state index contributed by atoms with van der Waals surface area (Å²) in [6, 6.07) is 0. The number of hydrogen-bond donors (Lipinski definition) is 2. The summed E-state index contributed by atoms with van der Waals surface area (Å²) in [5.74, 6) is -0.682. The van der Waals surface area contributed by atoms with Gasteiger partial charge < -0.3 is 10.8 Å². The van der Waals surface area contributed by atoms with E-state index in [1.54, 1.807) is 0 Å². The Labute approximate surface area is 94.0 Å². The van der Waals surface area contributed by atoms with Gasteiger partial charge in [0.05, 0.1) is 0 Å². The number of halogens is 3. The highest BCUT2D eigenvalue weighted by Gasteiger charge is 2.57. The molecule has 96 valence electrons. The Kier molecular flexibility index (Phi) is 4.62. The van der Waals surface area contributed by atoms with Crippen molar-refractivity contribution in [1.82, 2.24) is 0 Å². The van der Waals surface area contributed by atoms with Gasteiger partial charge >= 0.3 is 6.18 Å². The smallest absolute Gasteiger partial charge is 0.380 e. The summed E-state index contributed by atoms with van der Waals surface area (Å²) in [6.45, 7) is -0.132. The molecule has 1 fully saturated rings. The molecule has 1 saturated carbocycles. The Morgan fingerprint density at radius 3 is 1.94 bits per heavy atom. The van der Waals surface area contributed by atoms with Crippen molar-refractivity contribution in [1.29, 1.82) is 0 Å². The summed E-state index contributed by atoms with van der Waals surface area (Å²) in [5, 5.41) is 9.89. The van der Waals surface area contributed by atoms with E-state index in [1.165, 1.54) is 0 Å². The molecule has 1 unspecified atom stereocenters. The highest BCUT2D eigenvalue weighted by atomic mass is 19.4. The van der Waals surface area contributed by atoms with Gasteiger partial charge in [0.15, 0.2) is 5.60 Å². The molecule has 0 amide bonds. The van der Waals surface area contributed by atoms with Gasteiger partial charge in [0, 0.05) is 0 Å². The van der Waals surface area contributed by atoms with Gasteiger partial charge in [0.2, 0.25) is 0 Å². The van der Waals surface area contributed by atoms with E-state index < -0.39 is 17.7 Å². The van der Waals surface area contributed by atoms with Crippen LogP contribution in [0.4, 0.5) is 13.2 Å². The topological polar surface area (TPSA) is 46.2 Å². The third kappa shape index (κ3) is 2.88. The van der Waals surface area contributed by atoms with Gasteiger partial charge in [-0.1, -0.05) is 25.7 Å². The van der Waals surface area contributed by atoms with Gasteiger partial charge in [-0.2, -0.15) is 13.2 Å². The first kappa shape index (κ1) is 13.8. The molecule has 0 aromatic heterocycles. The maximum Gasteiger partial charge on any atom is 0.417 e. The van der Waals surface area contributed by atoms with E-state index in [1.807, 2.05) is 0 Å². The normalized spacial score (nSPS) is 23.8. The minimum absolute atomic E-state index is 0.132. The summed E-state index contributed by atoms with van der Waals surface area (Å²) in [4.78, 5) is 0. The number of alkyl halides is 3. The zero-order valence-corrected chi connectivity index (χ0v) is 9.39. The van der Waals surface area contributed by atoms with Crippen LogP contribution in [0.1, 0.15) is 44.9 Å². The zero-order valence-electron chi connectivity index (χ0n) is 9.39. The van der Waals surface area contributed by atoms with Crippen LogP contribution in [0.25, 0.3) is 0 Å². The third-order valence-electron chi connectivity index (χ3n) is 3.55. The first-order valence-corrected chi connectivity index (χ1v) is 5.91. The van der Waals surface area contributed by atoms with Crippen molar-refractivity contribution in [3.63, 3.8) is 0 Å². The molecule has 0 aromatic rings. The molecule has 1 aliphatic carbocycles. The Bertz CT molecular complexity index is 212. The second-order valence-corrected chi connectivity index (χ2v) is 4.65. The third-order valence-corrected chi connectivity index (χ3v) is 3.55. The van der Waals surface area contributed by atoms with Gasteiger partial charge in [-0.25, -0.2) is 0 Å². The average molecular weight is 239 g/mol. The van der Waals surface area contributed by atoms with E-state index in [2.05, 4.69) is 0 Å². The first-order chi connectivity index (χ1) is 7.42. The molecule has 0 bridgehead atoms. The quantitative estimate of drug-likeness (QED) is 0.744. The van der Waals surface area contributed by atoms with Gasteiger partial charge in [0.1, 0.15) is 0 Å². The lowest BCUT2D eigenvalue weighted by Gasteiger charge is -2.37. The lowest BCUT2D eigenvalue weighted by molar-refractivity contribution is -0.282. The second kappa shape index (κ2) is 5.36. The van der Waals surface area contributed by atoms with Crippen LogP contribution >= 0.6 is 0 Å². The van der Waals surface area contributed by atoms with Crippen LogP contribution in [-0.2, 0) is 0 Å². The molecular formula is C11H20F3NO. The van der Waals surface area contributed by atoms with Gasteiger partial charge in [-0.05, 0) is 31.7 Å². The number of rotatable bonds is 3. The molecule has 1 aliphatic rings. The molecule has 0 spiro atoms. The summed E-state index contributed by atoms with van der Waals surface area (Å²) in [5.41, 5.74) is 2.62. The van der Waals surface area contributed by atoms with Crippen LogP contribution < -0.4 is 5.73 Å². The fourth-order valence-corrected chi connectivity index (χ4v) is 2.55. The number of aliphatic hydroxyl groups is 1. The Balaban J connectivity index is 2.82. The average Bonchev–Trinajstić information content (AvgIpc) is 2.44. The second-order valence-electron chi connectivity index (χ2n) is 4.65. The maximum atomic E-state index is 12.9. The van der Waals surface area contributed by atoms with E-state index in [0.29, 0.717) is 12.8 Å². The summed E-state index contributed by atoms with van der Waals surface area (Å²) >= 11 is 0. The van der Waals surface area contributed by atoms with E-state index in [9.17, 15) is 18.3 Å². The predicted octanol–water partition coefficient (Wildman–Crippen LogP) is 2.60. The SMILES string of the molecule is NCCC(O)(C1CCCCCC1)C(F)(F)F. The summed E-state index contributed by atoms with van der Waals surface area (Å²) in [6.07, 6.45) is -0.573. The van der Waals surface area contributed by atoms with Crippen LogP contribution in [0.3, 0.4) is 0 Å². The molecule has 0 saturated heterocycles. The molecular weight excluding hydrogens is 219 g/mol. The van der Waals surface area contributed by atoms with Crippen LogP contribution in [-0.4, -0.2) is 23.4 Å². The summed E-state index contributed by atoms with van der Waals surface area (Å²) in [7, 11) is 0. The van der Waals surface area contributed by atoms with Crippen LogP contribution in [0.15, 0.2) is 0 Å². The molecule has 1 rings (SSSR count). The van der Waals surface area contributed by atoms with Gasteiger partial charge in [-0.15, -0.1) is 0 Å². The van der Waals surface area contributed by atoms with E-state index in [-0.39, 0.29) is 13.0 Å². The van der Waals surface area contributed by atoms with Crippen LogP contribution in [0, 0.1) is 5.92 Å². The minimum atomic E-state index is -4.57. The molecule has 0 aromatic carbocycles.